The normalized spacial score (nSPS) is 15.3. The summed E-state index contributed by atoms with van der Waals surface area (Å²) in [6, 6.07) is 13.6. The first-order valence-electron chi connectivity index (χ1n) is 10.5. The second-order valence-electron chi connectivity index (χ2n) is 7.76. The summed E-state index contributed by atoms with van der Waals surface area (Å²) in [5, 5.41) is 3.40. The molecule has 0 radical (unpaired) electrons. The molecule has 0 atom stereocenters. The van der Waals surface area contributed by atoms with Crippen molar-refractivity contribution < 1.29 is 13.5 Å². The van der Waals surface area contributed by atoms with E-state index in [-0.39, 0.29) is 5.82 Å². The number of rotatable bonds is 7. The summed E-state index contributed by atoms with van der Waals surface area (Å²) in [5.74, 6) is 1.36. The lowest BCUT2D eigenvalue weighted by Gasteiger charge is -2.32. The van der Waals surface area contributed by atoms with E-state index in [1.54, 1.807) is 18.3 Å². The van der Waals surface area contributed by atoms with Crippen molar-refractivity contribution in [1.29, 1.82) is 0 Å². The van der Waals surface area contributed by atoms with Crippen LogP contribution in [0.15, 0.2) is 53.1 Å². The lowest BCUT2D eigenvalue weighted by Crippen LogP contribution is -2.38. The number of halogens is 1. The van der Waals surface area contributed by atoms with Gasteiger partial charge in [0.2, 0.25) is 0 Å². The topological polar surface area (TPSA) is 50.5 Å². The Bertz CT molecular complexity index is 963. The van der Waals surface area contributed by atoms with Gasteiger partial charge >= 0.3 is 0 Å². The molecule has 2 heterocycles. The van der Waals surface area contributed by atoms with Crippen LogP contribution in [-0.2, 0) is 6.54 Å². The average Bonchev–Trinajstić information content (AvgIpc) is 3.21. The van der Waals surface area contributed by atoms with Crippen molar-refractivity contribution in [2.24, 2.45) is 0 Å². The Hall–Kier alpha value is -2.86. The summed E-state index contributed by atoms with van der Waals surface area (Å²) in [6.07, 6.45) is 3.73. The Morgan fingerprint density at radius 2 is 1.93 bits per heavy atom. The smallest absolute Gasteiger partial charge is 0.295 e. The van der Waals surface area contributed by atoms with Crippen LogP contribution in [0.2, 0.25) is 0 Å². The molecular weight excluding hydrogens is 381 g/mol. The lowest BCUT2D eigenvalue weighted by molar-refractivity contribution is 0.210. The maximum absolute atomic E-state index is 13.1. The Morgan fingerprint density at radius 3 is 2.67 bits per heavy atom. The molecule has 1 N–H and O–H groups in total. The van der Waals surface area contributed by atoms with Crippen molar-refractivity contribution in [2.75, 3.05) is 25.0 Å². The molecule has 6 heteroatoms. The second-order valence-corrected chi connectivity index (χ2v) is 7.76. The highest BCUT2D eigenvalue weighted by atomic mass is 19.1. The summed E-state index contributed by atoms with van der Waals surface area (Å²) >= 11 is 0. The fraction of sp³-hybridized carbons (Fsp3) is 0.375. The van der Waals surface area contributed by atoms with Gasteiger partial charge in [0.25, 0.3) is 6.01 Å². The van der Waals surface area contributed by atoms with Crippen LogP contribution in [0.25, 0.3) is 11.3 Å². The number of anilines is 1. The van der Waals surface area contributed by atoms with Crippen LogP contribution < -0.4 is 10.1 Å². The number of aryl methyl sites for hydroxylation is 1. The number of nitrogens with zero attached hydrogens (tertiary/aromatic N) is 2. The molecule has 0 aliphatic carbocycles. The minimum atomic E-state index is -0.261. The van der Waals surface area contributed by atoms with Crippen molar-refractivity contribution in [3.05, 3.63) is 65.6 Å². The van der Waals surface area contributed by atoms with Gasteiger partial charge in [-0.2, -0.15) is 0 Å². The number of hydrogen-bond acceptors (Lipinski definition) is 5. The zero-order chi connectivity index (χ0) is 20.9. The third-order valence-electron chi connectivity index (χ3n) is 5.51. The van der Waals surface area contributed by atoms with Gasteiger partial charge in [0.1, 0.15) is 11.6 Å². The molecule has 0 amide bonds. The summed E-state index contributed by atoms with van der Waals surface area (Å²) in [6.45, 7) is 7.74. The van der Waals surface area contributed by atoms with Gasteiger partial charge in [-0.25, -0.2) is 9.37 Å². The zero-order valence-corrected chi connectivity index (χ0v) is 17.5. The van der Waals surface area contributed by atoms with Crippen molar-refractivity contribution in [1.82, 2.24) is 9.88 Å². The molecule has 0 unspecified atom stereocenters. The Balaban J connectivity index is 1.29. The van der Waals surface area contributed by atoms with E-state index in [0.29, 0.717) is 24.4 Å². The van der Waals surface area contributed by atoms with E-state index < -0.39 is 0 Å². The van der Waals surface area contributed by atoms with Gasteiger partial charge in [-0.05, 0) is 68.1 Å². The standard InChI is InChI=1S/C24H28FN3O2/c1-3-29-22-14-18(5-4-17(22)2)16-28-12-10-21(11-13-28)27-24-26-15-23(30-24)19-6-8-20(25)9-7-19/h4-9,14-15,21H,3,10-13,16H2,1-2H3,(H,26,27). The first-order chi connectivity index (χ1) is 14.6. The minimum Gasteiger partial charge on any atom is -0.494 e. The molecule has 1 fully saturated rings. The van der Waals surface area contributed by atoms with Crippen LogP contribution in [-0.4, -0.2) is 35.6 Å². The van der Waals surface area contributed by atoms with Crippen molar-refractivity contribution in [3.8, 4) is 17.1 Å². The molecule has 1 aliphatic rings. The summed E-state index contributed by atoms with van der Waals surface area (Å²) < 4.78 is 24.6. The van der Waals surface area contributed by atoms with E-state index in [1.165, 1.54) is 23.3 Å². The predicted octanol–water partition coefficient (Wildman–Crippen LogP) is 5.26. The number of oxazole rings is 1. The average molecular weight is 410 g/mol. The summed E-state index contributed by atoms with van der Waals surface area (Å²) in [4.78, 5) is 6.80. The number of nitrogens with one attached hydrogen (secondary N) is 1. The first-order valence-corrected chi connectivity index (χ1v) is 10.5. The Kier molecular flexibility index (Phi) is 6.33. The molecular formula is C24H28FN3O2. The number of piperidine rings is 1. The number of likely N-dealkylation sites (tertiary alicyclic amines) is 1. The van der Waals surface area contributed by atoms with Gasteiger partial charge in [-0.1, -0.05) is 12.1 Å². The molecule has 0 saturated carbocycles. The van der Waals surface area contributed by atoms with Crippen LogP contribution >= 0.6 is 0 Å². The van der Waals surface area contributed by atoms with Crippen molar-refractivity contribution >= 4 is 6.01 Å². The number of hydrogen-bond donors (Lipinski definition) is 1. The predicted molar refractivity (Wildman–Crippen MR) is 116 cm³/mol. The van der Waals surface area contributed by atoms with Crippen molar-refractivity contribution in [2.45, 2.75) is 39.3 Å². The fourth-order valence-electron chi connectivity index (χ4n) is 3.81. The Labute approximate surface area is 176 Å². The molecule has 1 aromatic heterocycles. The van der Waals surface area contributed by atoms with Gasteiger partial charge in [0.05, 0.1) is 12.8 Å². The summed E-state index contributed by atoms with van der Waals surface area (Å²) in [5.41, 5.74) is 3.28. The van der Waals surface area contributed by atoms with E-state index in [4.69, 9.17) is 9.15 Å². The molecule has 4 rings (SSSR count). The van der Waals surface area contributed by atoms with Gasteiger partial charge in [-0.15, -0.1) is 0 Å². The van der Waals surface area contributed by atoms with E-state index in [2.05, 4.69) is 40.3 Å². The largest absolute Gasteiger partial charge is 0.494 e. The van der Waals surface area contributed by atoms with E-state index in [0.717, 1.165) is 43.8 Å². The molecule has 0 bridgehead atoms. The highest BCUT2D eigenvalue weighted by Gasteiger charge is 2.21. The van der Waals surface area contributed by atoms with Gasteiger partial charge < -0.3 is 14.5 Å². The monoisotopic (exact) mass is 409 g/mol. The zero-order valence-electron chi connectivity index (χ0n) is 17.5. The minimum absolute atomic E-state index is 0.261. The molecule has 158 valence electrons. The quantitative estimate of drug-likeness (QED) is 0.577. The van der Waals surface area contributed by atoms with Crippen LogP contribution in [0.3, 0.4) is 0 Å². The summed E-state index contributed by atoms with van der Waals surface area (Å²) in [7, 11) is 0. The van der Waals surface area contributed by atoms with Gasteiger partial charge in [-0.3, -0.25) is 4.90 Å². The number of aromatic nitrogens is 1. The van der Waals surface area contributed by atoms with E-state index >= 15 is 0 Å². The van der Waals surface area contributed by atoms with E-state index in [9.17, 15) is 4.39 Å². The first kappa shape index (κ1) is 20.4. The highest BCUT2D eigenvalue weighted by molar-refractivity contribution is 5.57. The molecule has 1 aliphatic heterocycles. The molecule has 5 nitrogen and oxygen atoms in total. The Morgan fingerprint density at radius 1 is 1.17 bits per heavy atom. The fourth-order valence-corrected chi connectivity index (χ4v) is 3.81. The molecule has 0 spiro atoms. The van der Waals surface area contributed by atoms with Gasteiger partial charge in [0.15, 0.2) is 5.76 Å². The number of ether oxygens (including phenoxy) is 1. The molecule has 3 aromatic rings. The SMILES string of the molecule is CCOc1cc(CN2CCC(Nc3ncc(-c4ccc(F)cc4)o3)CC2)ccc1C. The van der Waals surface area contributed by atoms with Crippen molar-refractivity contribution in [3.63, 3.8) is 0 Å². The van der Waals surface area contributed by atoms with Crippen LogP contribution in [0, 0.1) is 12.7 Å². The van der Waals surface area contributed by atoms with Crippen LogP contribution in [0.4, 0.5) is 10.4 Å². The van der Waals surface area contributed by atoms with E-state index in [1.807, 2.05) is 6.92 Å². The molecule has 1 saturated heterocycles. The third kappa shape index (κ3) is 5.00. The third-order valence-corrected chi connectivity index (χ3v) is 5.51. The molecule has 2 aromatic carbocycles. The highest BCUT2D eigenvalue weighted by Crippen LogP contribution is 2.25. The maximum Gasteiger partial charge on any atom is 0.295 e. The van der Waals surface area contributed by atoms with Crippen LogP contribution in [0.1, 0.15) is 30.9 Å². The second kappa shape index (κ2) is 9.30. The maximum atomic E-state index is 13.1. The molecule has 30 heavy (non-hydrogen) atoms. The lowest BCUT2D eigenvalue weighted by atomic mass is 10.0. The van der Waals surface area contributed by atoms with Gasteiger partial charge in [0, 0.05) is 31.2 Å². The van der Waals surface area contributed by atoms with Crippen LogP contribution in [0.5, 0.6) is 5.75 Å². The number of benzene rings is 2.